The van der Waals surface area contributed by atoms with E-state index >= 15 is 0 Å². The molecule has 0 aliphatic heterocycles. The van der Waals surface area contributed by atoms with E-state index in [2.05, 4.69) is 0 Å². The van der Waals surface area contributed by atoms with Gasteiger partial charge in [-0.25, -0.2) is 4.79 Å². The van der Waals surface area contributed by atoms with Crippen molar-refractivity contribution < 1.29 is 29.3 Å². The van der Waals surface area contributed by atoms with Gasteiger partial charge in [0.25, 0.3) is 0 Å². The number of carboxylic acids is 2. The minimum absolute atomic E-state index is 0.0318. The zero-order valence-corrected chi connectivity index (χ0v) is 21.1. The van der Waals surface area contributed by atoms with Gasteiger partial charge >= 0.3 is 11.9 Å². The van der Waals surface area contributed by atoms with Gasteiger partial charge in [0.05, 0.1) is 18.8 Å². The van der Waals surface area contributed by atoms with Crippen LogP contribution in [0.4, 0.5) is 0 Å². The van der Waals surface area contributed by atoms with Crippen molar-refractivity contribution in [1.82, 2.24) is 4.57 Å². The first-order valence-corrected chi connectivity index (χ1v) is 12.7. The van der Waals surface area contributed by atoms with Crippen molar-refractivity contribution in [2.75, 3.05) is 13.2 Å². The molecule has 196 valence electrons. The summed E-state index contributed by atoms with van der Waals surface area (Å²) in [6.07, 6.45) is 7.68. The Kier molecular flexibility index (Phi) is 9.18. The normalized spacial score (nSPS) is 11.2. The highest BCUT2D eigenvalue weighted by molar-refractivity contribution is 6.07. The maximum absolute atomic E-state index is 11.9. The second-order valence-electron chi connectivity index (χ2n) is 8.90. The van der Waals surface area contributed by atoms with Crippen LogP contribution in [0.1, 0.15) is 47.2 Å². The summed E-state index contributed by atoms with van der Waals surface area (Å²) >= 11 is 0. The van der Waals surface area contributed by atoms with Crippen molar-refractivity contribution in [2.45, 2.75) is 32.2 Å². The number of aryl methyl sites for hydroxylation is 1. The molecule has 7 heteroatoms. The average Bonchev–Trinajstić information content (AvgIpc) is 3.30. The van der Waals surface area contributed by atoms with Gasteiger partial charge < -0.3 is 24.3 Å². The van der Waals surface area contributed by atoms with Crippen LogP contribution in [0.2, 0.25) is 0 Å². The van der Waals surface area contributed by atoms with Crippen LogP contribution in [0, 0.1) is 0 Å². The molecule has 4 rings (SSSR count). The third kappa shape index (κ3) is 7.26. The average molecular weight is 514 g/mol. The number of hydrogen-bond acceptors (Lipinski definition) is 4. The van der Waals surface area contributed by atoms with Crippen molar-refractivity contribution in [2.24, 2.45) is 0 Å². The van der Waals surface area contributed by atoms with E-state index in [-0.39, 0.29) is 12.0 Å². The number of fused-ring (bicyclic) bond motifs is 1. The van der Waals surface area contributed by atoms with Crippen LogP contribution < -0.4 is 9.47 Å². The lowest BCUT2D eigenvalue weighted by molar-refractivity contribution is -0.137. The van der Waals surface area contributed by atoms with Gasteiger partial charge in [-0.1, -0.05) is 54.6 Å². The van der Waals surface area contributed by atoms with Crippen LogP contribution in [0.25, 0.3) is 23.1 Å². The molecule has 0 fully saturated rings. The molecule has 0 radical (unpaired) electrons. The van der Waals surface area contributed by atoms with Crippen molar-refractivity contribution in [3.8, 4) is 11.5 Å². The molecule has 0 bridgehead atoms. The van der Waals surface area contributed by atoms with E-state index in [0.717, 1.165) is 41.0 Å². The molecule has 0 amide bonds. The fourth-order valence-electron chi connectivity index (χ4n) is 4.23. The topological polar surface area (TPSA) is 98.0 Å². The highest BCUT2D eigenvalue weighted by Crippen LogP contribution is 2.28. The number of aliphatic carboxylic acids is 1. The maximum Gasteiger partial charge on any atom is 0.337 e. The van der Waals surface area contributed by atoms with Gasteiger partial charge in [0.2, 0.25) is 0 Å². The van der Waals surface area contributed by atoms with Gasteiger partial charge in [-0.3, -0.25) is 4.79 Å². The molecule has 0 aliphatic carbocycles. The van der Waals surface area contributed by atoms with Crippen LogP contribution in [0.3, 0.4) is 0 Å². The van der Waals surface area contributed by atoms with Gasteiger partial charge in [-0.2, -0.15) is 0 Å². The standard InChI is InChI=1S/C31H31NO6/c33-29(34)12-7-19-32-22-27(31(35)36)30-24(8-6-11-28(30)32)16-13-23-14-17-26(18-15-23)38-21-5-4-20-37-25-9-2-1-3-10-25/h1-3,6,8-11,13-18,22H,4-5,7,12,19-21H2,(H,33,34)(H,35,36)/b16-13+. The number of carbonyl (C=O) groups is 2. The van der Waals surface area contributed by atoms with Crippen LogP contribution >= 0.6 is 0 Å². The minimum Gasteiger partial charge on any atom is -0.494 e. The summed E-state index contributed by atoms with van der Waals surface area (Å²) < 4.78 is 13.4. The Bertz CT molecular complexity index is 1390. The predicted molar refractivity (Wildman–Crippen MR) is 148 cm³/mol. The summed E-state index contributed by atoms with van der Waals surface area (Å²) in [7, 11) is 0. The van der Waals surface area contributed by atoms with Crippen molar-refractivity contribution in [3.63, 3.8) is 0 Å². The van der Waals surface area contributed by atoms with Crippen molar-refractivity contribution in [1.29, 1.82) is 0 Å². The maximum atomic E-state index is 11.9. The first-order chi connectivity index (χ1) is 18.5. The number of nitrogens with zero attached hydrogens (tertiary/aromatic N) is 1. The van der Waals surface area contributed by atoms with Gasteiger partial charge in [0.1, 0.15) is 11.5 Å². The molecule has 7 nitrogen and oxygen atoms in total. The molecule has 1 heterocycles. The molecular formula is C31H31NO6. The Hall–Kier alpha value is -4.52. The van der Waals surface area contributed by atoms with Gasteiger partial charge in [-0.15, -0.1) is 0 Å². The summed E-state index contributed by atoms with van der Waals surface area (Å²) in [4.78, 5) is 22.8. The van der Waals surface area contributed by atoms with E-state index in [1.54, 1.807) is 6.20 Å². The summed E-state index contributed by atoms with van der Waals surface area (Å²) in [5.74, 6) is -0.213. The van der Waals surface area contributed by atoms with Gasteiger partial charge in [-0.05, 0) is 60.7 Å². The number of hydrogen-bond donors (Lipinski definition) is 2. The number of aromatic carboxylic acids is 1. The zero-order valence-electron chi connectivity index (χ0n) is 21.1. The molecule has 0 aliphatic rings. The highest BCUT2D eigenvalue weighted by atomic mass is 16.5. The van der Waals surface area contributed by atoms with Crippen LogP contribution in [0.5, 0.6) is 11.5 Å². The Morgan fingerprint density at radius 1 is 0.763 bits per heavy atom. The molecule has 0 saturated carbocycles. The fourth-order valence-corrected chi connectivity index (χ4v) is 4.23. The predicted octanol–water partition coefficient (Wildman–Crippen LogP) is 6.61. The van der Waals surface area contributed by atoms with Gasteiger partial charge in [0.15, 0.2) is 0 Å². The molecule has 0 spiro atoms. The monoisotopic (exact) mass is 513 g/mol. The first-order valence-electron chi connectivity index (χ1n) is 12.7. The molecule has 38 heavy (non-hydrogen) atoms. The Morgan fingerprint density at radius 2 is 1.45 bits per heavy atom. The van der Waals surface area contributed by atoms with E-state index in [1.807, 2.05) is 89.5 Å². The number of benzene rings is 3. The van der Waals surface area contributed by atoms with Crippen LogP contribution in [-0.2, 0) is 11.3 Å². The molecule has 2 N–H and O–H groups in total. The lowest BCUT2D eigenvalue weighted by Gasteiger charge is -2.08. The van der Waals surface area contributed by atoms with Crippen molar-refractivity contribution >= 4 is 35.0 Å². The Balaban J connectivity index is 1.34. The molecule has 3 aromatic carbocycles. The second-order valence-corrected chi connectivity index (χ2v) is 8.90. The quantitative estimate of drug-likeness (QED) is 0.145. The molecule has 0 saturated heterocycles. The first kappa shape index (κ1) is 26.5. The highest BCUT2D eigenvalue weighted by Gasteiger charge is 2.16. The lowest BCUT2D eigenvalue weighted by atomic mass is 10.0. The smallest absolute Gasteiger partial charge is 0.337 e. The van der Waals surface area contributed by atoms with E-state index in [4.69, 9.17) is 14.6 Å². The number of unbranched alkanes of at least 4 members (excludes halogenated alkanes) is 1. The lowest BCUT2D eigenvalue weighted by Crippen LogP contribution is -2.02. The summed E-state index contributed by atoms with van der Waals surface area (Å²) in [5.41, 5.74) is 2.72. The minimum atomic E-state index is -1.01. The number of rotatable bonds is 14. The summed E-state index contributed by atoms with van der Waals surface area (Å²) in [6, 6.07) is 23.1. The third-order valence-corrected chi connectivity index (χ3v) is 6.11. The molecular weight excluding hydrogens is 482 g/mol. The largest absolute Gasteiger partial charge is 0.494 e. The Labute approximate surface area is 221 Å². The molecule has 1 aromatic heterocycles. The summed E-state index contributed by atoms with van der Waals surface area (Å²) in [5, 5.41) is 19.3. The fraction of sp³-hybridized carbons (Fsp3) is 0.226. The Morgan fingerprint density at radius 3 is 2.11 bits per heavy atom. The van der Waals surface area contributed by atoms with Gasteiger partial charge in [0, 0.05) is 30.1 Å². The van der Waals surface area contributed by atoms with E-state index < -0.39 is 11.9 Å². The number of para-hydroxylation sites is 1. The molecule has 0 atom stereocenters. The SMILES string of the molecule is O=C(O)CCCn1cc(C(=O)O)c2c(/C=C/c3ccc(OCCCCOc4ccccc4)cc3)cccc21. The van der Waals surface area contributed by atoms with E-state index in [1.165, 1.54) is 0 Å². The number of aromatic nitrogens is 1. The third-order valence-electron chi connectivity index (χ3n) is 6.11. The molecule has 0 unspecified atom stereocenters. The van der Waals surface area contributed by atoms with E-state index in [0.29, 0.717) is 31.6 Å². The summed E-state index contributed by atoms with van der Waals surface area (Å²) in [6.45, 7) is 1.70. The number of ether oxygens (including phenoxy) is 2. The zero-order chi connectivity index (χ0) is 26.7. The van der Waals surface area contributed by atoms with Crippen molar-refractivity contribution in [3.05, 3.63) is 95.7 Å². The second kappa shape index (κ2) is 13.1. The molecule has 4 aromatic rings. The van der Waals surface area contributed by atoms with E-state index in [9.17, 15) is 14.7 Å². The van der Waals surface area contributed by atoms with Crippen LogP contribution in [0.15, 0.2) is 79.0 Å². The van der Waals surface area contributed by atoms with Crippen LogP contribution in [-0.4, -0.2) is 39.9 Å². The number of carboxylic acid groups (broad SMARTS) is 2.